The Balaban J connectivity index is 1.66. The summed E-state index contributed by atoms with van der Waals surface area (Å²) in [6, 6.07) is 7.73. The molecule has 1 N–H and O–H groups in total. The summed E-state index contributed by atoms with van der Waals surface area (Å²) in [6.45, 7) is 1.19. The maximum Gasteiger partial charge on any atom is 0.410 e. The van der Waals surface area contributed by atoms with Crippen molar-refractivity contribution in [3.63, 3.8) is 0 Å². The van der Waals surface area contributed by atoms with Crippen molar-refractivity contribution in [2.24, 2.45) is 15.0 Å². The summed E-state index contributed by atoms with van der Waals surface area (Å²) >= 11 is 6.10. The van der Waals surface area contributed by atoms with Crippen LogP contribution in [0.4, 0.5) is 4.79 Å². The largest absolute Gasteiger partial charge is 0.453 e. The Kier molecular flexibility index (Phi) is 8.53. The quantitative estimate of drug-likeness (QED) is 0.563. The Hall–Kier alpha value is -3.19. The number of rotatable bonds is 5. The van der Waals surface area contributed by atoms with Gasteiger partial charge in [0.2, 0.25) is 5.96 Å². The predicted molar refractivity (Wildman–Crippen MR) is 143 cm³/mol. The second-order valence-corrected chi connectivity index (χ2v) is 9.16. The molecule has 7 nitrogen and oxygen atoms in total. The number of likely N-dealkylation sites (tertiary alicyclic amines) is 1. The van der Waals surface area contributed by atoms with Gasteiger partial charge in [-0.2, -0.15) is 0 Å². The molecule has 0 bridgehead atoms. The van der Waals surface area contributed by atoms with Crippen LogP contribution in [0.2, 0.25) is 5.02 Å². The number of nitrogens with one attached hydrogen (secondary N) is 1. The van der Waals surface area contributed by atoms with Gasteiger partial charge in [-0.3, -0.25) is 14.9 Å². The van der Waals surface area contributed by atoms with Crippen molar-refractivity contribution in [2.75, 3.05) is 27.2 Å². The first-order chi connectivity index (χ1) is 17.1. The number of aliphatic imine (C=N–C) groups is 3. The van der Waals surface area contributed by atoms with Crippen LogP contribution in [0.15, 0.2) is 74.3 Å². The van der Waals surface area contributed by atoms with E-state index in [4.69, 9.17) is 16.3 Å². The lowest BCUT2D eigenvalue weighted by atomic mass is 9.87. The molecule has 184 valence electrons. The Bertz CT molecular complexity index is 1110. The molecule has 4 rings (SSSR count). The number of methoxy groups -OCH3 is 1. The highest BCUT2D eigenvalue weighted by molar-refractivity contribution is 6.30. The average Bonchev–Trinajstić information content (AvgIpc) is 2.92. The molecule has 1 aromatic carbocycles. The van der Waals surface area contributed by atoms with E-state index in [0.717, 1.165) is 54.6 Å². The molecular formula is C27H32ClN5O2. The summed E-state index contributed by atoms with van der Waals surface area (Å²) in [5, 5.41) is 4.15. The van der Waals surface area contributed by atoms with E-state index in [1.807, 2.05) is 35.4 Å². The lowest BCUT2D eigenvalue weighted by Gasteiger charge is -2.38. The van der Waals surface area contributed by atoms with Crippen molar-refractivity contribution in [2.45, 2.75) is 44.6 Å². The number of guanidine groups is 1. The van der Waals surface area contributed by atoms with Gasteiger partial charge in [0.15, 0.2) is 0 Å². The van der Waals surface area contributed by atoms with E-state index in [1.54, 1.807) is 7.05 Å². The Morgan fingerprint density at radius 1 is 1.26 bits per heavy atom. The third kappa shape index (κ3) is 6.28. The Morgan fingerprint density at radius 2 is 2.09 bits per heavy atom. The van der Waals surface area contributed by atoms with Crippen LogP contribution in [0, 0.1) is 0 Å². The molecule has 8 heteroatoms. The average molecular weight is 494 g/mol. The maximum absolute atomic E-state index is 12.8. The highest BCUT2D eigenvalue weighted by Gasteiger charge is 2.33. The third-order valence-electron chi connectivity index (χ3n) is 6.55. The molecule has 2 aliphatic heterocycles. The number of benzene rings is 1. The van der Waals surface area contributed by atoms with Crippen LogP contribution in [-0.4, -0.2) is 62.2 Å². The van der Waals surface area contributed by atoms with Gasteiger partial charge in [0.1, 0.15) is 0 Å². The van der Waals surface area contributed by atoms with Gasteiger partial charge in [-0.15, -0.1) is 0 Å². The highest BCUT2D eigenvalue weighted by atomic mass is 35.5. The van der Waals surface area contributed by atoms with Gasteiger partial charge in [-0.25, -0.2) is 9.79 Å². The van der Waals surface area contributed by atoms with Gasteiger partial charge in [0.25, 0.3) is 0 Å². The molecule has 0 radical (unpaired) electrons. The summed E-state index contributed by atoms with van der Waals surface area (Å²) in [7, 11) is 3.24. The first kappa shape index (κ1) is 24.9. The van der Waals surface area contributed by atoms with Gasteiger partial charge in [-0.1, -0.05) is 42.0 Å². The van der Waals surface area contributed by atoms with Crippen LogP contribution in [-0.2, 0) is 4.74 Å². The number of carbonyl (C=O) groups excluding carboxylic acids is 1. The molecule has 2 heterocycles. The molecule has 1 aromatic rings. The molecule has 0 aromatic heterocycles. The number of ether oxygens (including phenoxy) is 1. The molecule has 3 aliphatic rings. The number of allylic oxidation sites excluding steroid dienone is 4. The van der Waals surface area contributed by atoms with Gasteiger partial charge in [0, 0.05) is 55.6 Å². The molecule has 1 fully saturated rings. The summed E-state index contributed by atoms with van der Waals surface area (Å²) in [4.78, 5) is 28.2. The minimum Gasteiger partial charge on any atom is -0.453 e. The maximum atomic E-state index is 12.8. The van der Waals surface area contributed by atoms with Crippen molar-refractivity contribution in [1.29, 1.82) is 0 Å². The predicted octanol–water partition coefficient (Wildman–Crippen LogP) is 5.33. The van der Waals surface area contributed by atoms with Gasteiger partial charge < -0.3 is 10.1 Å². The van der Waals surface area contributed by atoms with Crippen LogP contribution >= 0.6 is 11.6 Å². The van der Waals surface area contributed by atoms with E-state index in [0.29, 0.717) is 30.5 Å². The topological polar surface area (TPSA) is 78.7 Å². The molecule has 35 heavy (non-hydrogen) atoms. The molecule has 1 aliphatic carbocycles. The van der Waals surface area contributed by atoms with Gasteiger partial charge in [-0.05, 0) is 54.5 Å². The number of hydrogen-bond acceptors (Lipinski definition) is 6. The summed E-state index contributed by atoms with van der Waals surface area (Å²) in [6.07, 6.45) is 13.0. The smallest absolute Gasteiger partial charge is 0.410 e. The zero-order valence-corrected chi connectivity index (χ0v) is 21.1. The van der Waals surface area contributed by atoms with Crippen molar-refractivity contribution in [1.82, 2.24) is 10.2 Å². The SMILES string of the molecule is CN=C(C/C(NC1=NCCC=N1)=C1/CCC(C2=CC=CCC2)N(C(=O)OC)C1)c1ccc(Cl)cc1. The van der Waals surface area contributed by atoms with Crippen LogP contribution in [0.1, 0.15) is 44.1 Å². The zero-order chi connectivity index (χ0) is 24.6. The first-order valence-electron chi connectivity index (χ1n) is 12.1. The fraction of sp³-hybridized carbons (Fsp3) is 0.407. The second-order valence-electron chi connectivity index (χ2n) is 8.73. The van der Waals surface area contributed by atoms with Gasteiger partial charge in [0.05, 0.1) is 13.2 Å². The standard InChI is InChI=1S/C27H32ClN5O2/c1-29-23(19-9-12-22(28)13-10-19)17-24(32-26-30-15-6-16-31-26)21-11-14-25(20-7-4-3-5-8-20)33(18-21)27(34)35-2/h3-4,7,9-10,12-13,15,25H,5-6,8,11,14,16-18H2,1-2H3,(H,31,32)/b24-21+,29-23?. The van der Waals surface area contributed by atoms with Crippen LogP contribution < -0.4 is 5.32 Å². The molecule has 1 unspecified atom stereocenters. The summed E-state index contributed by atoms with van der Waals surface area (Å²) in [5.41, 5.74) is 5.32. The van der Waals surface area contributed by atoms with E-state index < -0.39 is 0 Å². The highest BCUT2D eigenvalue weighted by Crippen LogP contribution is 2.32. The molecule has 1 saturated heterocycles. The van der Waals surface area contributed by atoms with E-state index >= 15 is 0 Å². The summed E-state index contributed by atoms with van der Waals surface area (Å²) in [5.74, 6) is 0.595. The molecule has 1 amide bonds. The Labute approximate surface area is 212 Å². The van der Waals surface area contributed by atoms with Crippen molar-refractivity contribution < 1.29 is 9.53 Å². The zero-order valence-electron chi connectivity index (χ0n) is 20.3. The number of piperidine rings is 1. The van der Waals surface area contributed by atoms with Crippen molar-refractivity contribution in [3.8, 4) is 0 Å². The lowest BCUT2D eigenvalue weighted by Crippen LogP contribution is -2.46. The number of halogens is 1. The molecule has 0 saturated carbocycles. The van der Waals surface area contributed by atoms with E-state index in [-0.39, 0.29) is 12.1 Å². The van der Waals surface area contributed by atoms with E-state index in [2.05, 4.69) is 38.5 Å². The van der Waals surface area contributed by atoms with Gasteiger partial charge >= 0.3 is 6.09 Å². The first-order valence-corrected chi connectivity index (χ1v) is 12.4. The minimum absolute atomic E-state index is 0.0398. The normalized spacial score (nSPS) is 21.9. The van der Waals surface area contributed by atoms with Crippen LogP contribution in [0.3, 0.4) is 0 Å². The fourth-order valence-corrected chi connectivity index (χ4v) is 4.83. The Morgan fingerprint density at radius 3 is 2.74 bits per heavy atom. The molecular weight excluding hydrogens is 462 g/mol. The number of nitrogens with zero attached hydrogens (tertiary/aromatic N) is 4. The van der Waals surface area contributed by atoms with E-state index in [9.17, 15) is 4.79 Å². The number of hydrogen-bond donors (Lipinski definition) is 1. The van der Waals surface area contributed by atoms with E-state index in [1.165, 1.54) is 12.7 Å². The van der Waals surface area contributed by atoms with Crippen molar-refractivity contribution in [3.05, 3.63) is 69.9 Å². The lowest BCUT2D eigenvalue weighted by molar-refractivity contribution is 0.107. The third-order valence-corrected chi connectivity index (χ3v) is 6.81. The van der Waals surface area contributed by atoms with Crippen LogP contribution in [0.25, 0.3) is 0 Å². The van der Waals surface area contributed by atoms with Crippen molar-refractivity contribution >= 4 is 35.6 Å². The molecule has 1 atom stereocenters. The van der Waals surface area contributed by atoms with Crippen LogP contribution in [0.5, 0.6) is 0 Å². The minimum atomic E-state index is -0.308. The number of carbonyl (C=O) groups is 1. The fourth-order valence-electron chi connectivity index (χ4n) is 4.71. The second kappa shape index (κ2) is 12.0. The molecule has 0 spiro atoms. The number of amides is 1. The monoisotopic (exact) mass is 493 g/mol. The summed E-state index contributed by atoms with van der Waals surface area (Å²) < 4.78 is 5.19.